The van der Waals surface area contributed by atoms with Gasteiger partial charge >= 0.3 is 0 Å². The maximum Gasteiger partial charge on any atom is 0.193 e. The smallest absolute Gasteiger partial charge is 0.193 e. The number of hydrogen-bond donors (Lipinski definition) is 2. The number of hydrogen-bond acceptors (Lipinski definition) is 4. The van der Waals surface area contributed by atoms with Crippen molar-refractivity contribution in [2.75, 3.05) is 0 Å². The van der Waals surface area contributed by atoms with Crippen LogP contribution in [0, 0.1) is 0 Å². The van der Waals surface area contributed by atoms with Gasteiger partial charge in [0.05, 0.1) is 0 Å². The summed E-state index contributed by atoms with van der Waals surface area (Å²) >= 11 is 0. The minimum atomic E-state index is -0.344. The van der Waals surface area contributed by atoms with Crippen LogP contribution >= 0.6 is 0 Å². The highest BCUT2D eigenvalue weighted by molar-refractivity contribution is 5.98. The predicted molar refractivity (Wildman–Crippen MR) is 97.4 cm³/mol. The van der Waals surface area contributed by atoms with Crippen LogP contribution in [0.4, 0.5) is 0 Å². The fourth-order valence-corrected chi connectivity index (χ4v) is 3.04. The number of guanidine groups is 1. The Bertz CT molecular complexity index is 805. The van der Waals surface area contributed by atoms with Crippen LogP contribution in [0.1, 0.15) is 31.9 Å². The van der Waals surface area contributed by atoms with Crippen LogP contribution in [0.15, 0.2) is 70.9 Å². The van der Waals surface area contributed by atoms with E-state index in [1.54, 1.807) is 6.92 Å². The molecule has 2 aromatic rings. The first kappa shape index (κ1) is 16.0. The lowest BCUT2D eigenvalue weighted by atomic mass is 9.91. The summed E-state index contributed by atoms with van der Waals surface area (Å²) in [6, 6.07) is 18.0. The van der Waals surface area contributed by atoms with Crippen LogP contribution < -0.4 is 11.1 Å². The summed E-state index contributed by atoms with van der Waals surface area (Å²) in [5.41, 5.74) is 10.7. The zero-order valence-electron chi connectivity index (χ0n) is 13.9. The lowest BCUT2D eigenvalue weighted by Gasteiger charge is -2.25. The van der Waals surface area contributed by atoms with E-state index >= 15 is 0 Å². The normalized spacial score (nSPS) is 17.2. The van der Waals surface area contributed by atoms with Crippen LogP contribution in [-0.2, 0) is 4.79 Å². The third-order valence-electron chi connectivity index (χ3n) is 4.21. The molecule has 3 N–H and O–H groups in total. The van der Waals surface area contributed by atoms with Crippen molar-refractivity contribution in [3.05, 3.63) is 71.4 Å². The highest BCUT2D eigenvalue weighted by atomic mass is 16.1. The lowest BCUT2D eigenvalue weighted by Crippen LogP contribution is -2.37. The summed E-state index contributed by atoms with van der Waals surface area (Å²) < 4.78 is 0. The van der Waals surface area contributed by atoms with Crippen molar-refractivity contribution >= 4 is 11.7 Å². The Morgan fingerprint density at radius 3 is 2.29 bits per heavy atom. The van der Waals surface area contributed by atoms with Crippen molar-refractivity contribution in [2.24, 2.45) is 10.7 Å². The Morgan fingerprint density at radius 2 is 1.71 bits per heavy atom. The summed E-state index contributed by atoms with van der Waals surface area (Å²) in [5.74, 6) is 0.377. The molecule has 0 saturated carbocycles. The van der Waals surface area contributed by atoms with Gasteiger partial charge in [-0.1, -0.05) is 61.5 Å². The Labute approximate surface area is 142 Å². The van der Waals surface area contributed by atoms with Gasteiger partial charge in [0.1, 0.15) is 6.04 Å². The van der Waals surface area contributed by atoms with Gasteiger partial charge in [0, 0.05) is 11.3 Å². The number of nitrogens with one attached hydrogen (secondary N) is 1. The molecule has 0 spiro atoms. The van der Waals surface area contributed by atoms with Gasteiger partial charge in [0.2, 0.25) is 0 Å². The molecule has 0 bridgehead atoms. The first-order valence-electron chi connectivity index (χ1n) is 8.09. The molecule has 0 fully saturated rings. The largest absolute Gasteiger partial charge is 0.370 e. The molecule has 2 aromatic carbocycles. The molecule has 0 aliphatic carbocycles. The van der Waals surface area contributed by atoms with E-state index < -0.39 is 0 Å². The number of Topliss-reactive ketones (excluding diaryl/α,β-unsaturated/α-hetero) is 1. The molecule has 4 nitrogen and oxygen atoms in total. The average molecular weight is 319 g/mol. The molecule has 1 aliphatic rings. The Kier molecular flexibility index (Phi) is 4.47. The lowest BCUT2D eigenvalue weighted by molar-refractivity contribution is -0.114. The molecule has 1 aliphatic heterocycles. The van der Waals surface area contributed by atoms with E-state index in [1.807, 2.05) is 37.3 Å². The van der Waals surface area contributed by atoms with Crippen LogP contribution in [-0.4, -0.2) is 11.7 Å². The SMILES string of the molecule is CCC1=C(C(C)=O)C(c2ccc(-c3ccccc3)cc2)N=C(N)N1. The summed E-state index contributed by atoms with van der Waals surface area (Å²) in [5, 5.41) is 3.02. The summed E-state index contributed by atoms with van der Waals surface area (Å²) in [6.07, 6.45) is 0.712. The van der Waals surface area contributed by atoms with Crippen LogP contribution in [0.2, 0.25) is 0 Å². The van der Waals surface area contributed by atoms with Crippen molar-refractivity contribution in [3.8, 4) is 11.1 Å². The van der Waals surface area contributed by atoms with Gasteiger partial charge in [-0.2, -0.15) is 0 Å². The van der Waals surface area contributed by atoms with E-state index in [0.717, 1.165) is 22.4 Å². The molecule has 3 rings (SSSR count). The van der Waals surface area contributed by atoms with Gasteiger partial charge in [0.25, 0.3) is 0 Å². The highest BCUT2D eigenvalue weighted by Crippen LogP contribution is 2.32. The van der Waals surface area contributed by atoms with Gasteiger partial charge < -0.3 is 11.1 Å². The van der Waals surface area contributed by atoms with E-state index in [0.29, 0.717) is 18.0 Å². The van der Waals surface area contributed by atoms with E-state index in [9.17, 15) is 4.79 Å². The molecule has 1 heterocycles. The minimum absolute atomic E-state index is 0.0211. The highest BCUT2D eigenvalue weighted by Gasteiger charge is 2.27. The number of aliphatic imine (C=N–C) groups is 1. The third kappa shape index (κ3) is 3.08. The van der Waals surface area contributed by atoms with E-state index in [-0.39, 0.29) is 11.8 Å². The fraction of sp³-hybridized carbons (Fsp3) is 0.200. The van der Waals surface area contributed by atoms with Gasteiger partial charge in [-0.25, -0.2) is 4.99 Å². The predicted octanol–water partition coefficient (Wildman–Crippen LogP) is 3.57. The number of benzene rings is 2. The molecule has 0 radical (unpaired) electrons. The molecular formula is C20H21N3O. The molecule has 4 heteroatoms. The Balaban J connectivity index is 1.99. The molecular weight excluding hydrogens is 298 g/mol. The second-order valence-corrected chi connectivity index (χ2v) is 5.83. The minimum Gasteiger partial charge on any atom is -0.370 e. The first-order valence-corrected chi connectivity index (χ1v) is 8.09. The van der Waals surface area contributed by atoms with Crippen molar-refractivity contribution in [3.63, 3.8) is 0 Å². The number of nitrogens with two attached hydrogens (primary N) is 1. The van der Waals surface area contributed by atoms with Crippen LogP contribution in [0.3, 0.4) is 0 Å². The second-order valence-electron chi connectivity index (χ2n) is 5.83. The van der Waals surface area contributed by atoms with Crippen molar-refractivity contribution in [1.29, 1.82) is 0 Å². The number of carbonyl (C=O) groups excluding carboxylic acids is 1. The maximum atomic E-state index is 12.1. The maximum absolute atomic E-state index is 12.1. The van der Waals surface area contributed by atoms with Gasteiger partial charge in [-0.15, -0.1) is 0 Å². The second kappa shape index (κ2) is 6.71. The molecule has 0 saturated heterocycles. The number of ketones is 1. The van der Waals surface area contributed by atoms with Crippen molar-refractivity contribution in [1.82, 2.24) is 5.32 Å². The van der Waals surface area contributed by atoms with Crippen molar-refractivity contribution in [2.45, 2.75) is 26.3 Å². The molecule has 24 heavy (non-hydrogen) atoms. The van der Waals surface area contributed by atoms with E-state index in [1.165, 1.54) is 0 Å². The van der Waals surface area contributed by atoms with Gasteiger partial charge in [-0.05, 0) is 30.0 Å². The molecule has 1 atom stereocenters. The summed E-state index contributed by atoms with van der Waals surface area (Å²) in [4.78, 5) is 16.6. The topological polar surface area (TPSA) is 67.5 Å². The number of rotatable bonds is 4. The number of nitrogens with zero attached hydrogens (tertiary/aromatic N) is 1. The number of allylic oxidation sites excluding steroid dienone is 1. The quantitative estimate of drug-likeness (QED) is 0.905. The molecule has 0 amide bonds. The Morgan fingerprint density at radius 1 is 1.08 bits per heavy atom. The zero-order chi connectivity index (χ0) is 17.1. The summed E-state index contributed by atoms with van der Waals surface area (Å²) in [7, 11) is 0. The monoisotopic (exact) mass is 319 g/mol. The van der Waals surface area contributed by atoms with Crippen LogP contribution in [0.25, 0.3) is 11.1 Å². The van der Waals surface area contributed by atoms with Gasteiger partial charge in [0.15, 0.2) is 11.7 Å². The standard InChI is InChI=1S/C20H21N3O/c1-3-17-18(13(2)24)19(23-20(21)22-17)16-11-9-15(10-12-16)14-7-5-4-6-8-14/h4-12,19H,3H2,1-2H3,(H3,21,22,23). The molecule has 0 aromatic heterocycles. The first-order chi connectivity index (χ1) is 11.6. The zero-order valence-corrected chi connectivity index (χ0v) is 13.9. The average Bonchev–Trinajstić information content (AvgIpc) is 2.61. The van der Waals surface area contributed by atoms with Crippen molar-refractivity contribution < 1.29 is 4.79 Å². The van der Waals surface area contributed by atoms with E-state index in [4.69, 9.17) is 5.73 Å². The van der Waals surface area contributed by atoms with E-state index in [2.05, 4.69) is 34.6 Å². The third-order valence-corrected chi connectivity index (χ3v) is 4.21. The fourth-order valence-electron chi connectivity index (χ4n) is 3.04. The molecule has 1 unspecified atom stereocenters. The summed E-state index contributed by atoms with van der Waals surface area (Å²) in [6.45, 7) is 3.58. The molecule has 122 valence electrons. The Hall–Kier alpha value is -2.88. The number of carbonyl (C=O) groups is 1. The van der Waals surface area contributed by atoms with Crippen LogP contribution in [0.5, 0.6) is 0 Å². The van der Waals surface area contributed by atoms with Gasteiger partial charge in [-0.3, -0.25) is 4.79 Å².